The molecule has 7 heteroatoms. The van der Waals surface area contributed by atoms with Gasteiger partial charge in [-0.3, -0.25) is 4.79 Å². The number of carbonyl (C=O) groups excluding carboxylic acids is 1. The van der Waals surface area contributed by atoms with Crippen LogP contribution in [0, 0.1) is 23.4 Å². The molecule has 0 atom stereocenters. The van der Waals surface area contributed by atoms with E-state index in [1.165, 1.54) is 18.2 Å². The van der Waals surface area contributed by atoms with Crippen LogP contribution in [0.4, 0.5) is 13.2 Å². The Labute approximate surface area is 233 Å². The van der Waals surface area contributed by atoms with E-state index in [2.05, 4.69) is 13.5 Å². The molecular weight excluding hydrogens is 517 g/mol. The van der Waals surface area contributed by atoms with Crippen molar-refractivity contribution in [3.8, 4) is 28.4 Å². The summed E-state index contributed by atoms with van der Waals surface area (Å²) in [4.78, 5) is 12.8. The highest BCUT2D eigenvalue weighted by molar-refractivity contribution is 5.76. The van der Waals surface area contributed by atoms with Gasteiger partial charge in [0.15, 0.2) is 11.6 Å². The second kappa shape index (κ2) is 14.1. The molecule has 3 aromatic carbocycles. The minimum absolute atomic E-state index is 0.0387. The summed E-state index contributed by atoms with van der Waals surface area (Å²) in [6.07, 6.45) is 6.46. The van der Waals surface area contributed by atoms with Gasteiger partial charge in [0.05, 0.1) is 19.1 Å². The van der Waals surface area contributed by atoms with Gasteiger partial charge in [-0.2, -0.15) is 4.39 Å². The van der Waals surface area contributed by atoms with Crippen molar-refractivity contribution in [1.82, 2.24) is 0 Å². The van der Waals surface area contributed by atoms with E-state index in [1.54, 1.807) is 42.5 Å². The number of hydrogen-bond donors (Lipinski definition) is 0. The SMILES string of the molecule is C=CCCOc1ccc(C2CCC(C(=O)Oc3ccc(-c4ccc(OCCCC)cc4)c(F)c3F)CC2)c(F)c1. The summed E-state index contributed by atoms with van der Waals surface area (Å²) >= 11 is 0. The number of ether oxygens (including phenoxy) is 3. The Bertz CT molecular complexity index is 1300. The second-order valence-corrected chi connectivity index (χ2v) is 10.0. The van der Waals surface area contributed by atoms with E-state index >= 15 is 0 Å². The van der Waals surface area contributed by atoms with Crippen molar-refractivity contribution in [2.75, 3.05) is 13.2 Å². The largest absolute Gasteiger partial charge is 0.494 e. The highest BCUT2D eigenvalue weighted by Gasteiger charge is 2.30. The Hall–Kier alpha value is -3.74. The summed E-state index contributed by atoms with van der Waals surface area (Å²) in [5.41, 5.74) is 1.14. The zero-order valence-corrected chi connectivity index (χ0v) is 22.8. The summed E-state index contributed by atoms with van der Waals surface area (Å²) in [6.45, 7) is 6.73. The molecule has 0 saturated heterocycles. The molecule has 0 heterocycles. The first-order valence-corrected chi connectivity index (χ1v) is 13.9. The predicted molar refractivity (Wildman–Crippen MR) is 149 cm³/mol. The number of halogens is 3. The fourth-order valence-electron chi connectivity index (χ4n) is 4.92. The van der Waals surface area contributed by atoms with Crippen molar-refractivity contribution in [3.05, 3.63) is 90.3 Å². The van der Waals surface area contributed by atoms with Gasteiger partial charge >= 0.3 is 5.97 Å². The number of hydrogen-bond acceptors (Lipinski definition) is 4. The number of carbonyl (C=O) groups is 1. The zero-order chi connectivity index (χ0) is 28.5. The van der Waals surface area contributed by atoms with Gasteiger partial charge in [-0.25, -0.2) is 8.78 Å². The normalized spacial score (nSPS) is 16.8. The van der Waals surface area contributed by atoms with E-state index in [0.29, 0.717) is 67.9 Å². The molecule has 0 radical (unpaired) electrons. The van der Waals surface area contributed by atoms with Crippen molar-refractivity contribution >= 4 is 5.97 Å². The first-order chi connectivity index (χ1) is 19.4. The predicted octanol–water partition coefficient (Wildman–Crippen LogP) is 8.78. The molecule has 0 bridgehead atoms. The van der Waals surface area contributed by atoms with Crippen LogP contribution in [0.2, 0.25) is 0 Å². The summed E-state index contributed by atoms with van der Waals surface area (Å²) in [5, 5.41) is 0. The smallest absolute Gasteiger partial charge is 0.314 e. The van der Waals surface area contributed by atoms with Crippen LogP contribution in [0.15, 0.2) is 67.3 Å². The second-order valence-electron chi connectivity index (χ2n) is 10.0. The maximum atomic E-state index is 14.9. The van der Waals surface area contributed by atoms with E-state index in [1.807, 2.05) is 0 Å². The van der Waals surface area contributed by atoms with E-state index in [0.717, 1.165) is 12.8 Å². The summed E-state index contributed by atoms with van der Waals surface area (Å²) in [7, 11) is 0. The molecule has 0 aromatic heterocycles. The van der Waals surface area contributed by atoms with Gasteiger partial charge in [-0.1, -0.05) is 37.6 Å². The monoisotopic (exact) mass is 552 g/mol. The highest BCUT2D eigenvalue weighted by Crippen LogP contribution is 2.39. The van der Waals surface area contributed by atoms with E-state index in [-0.39, 0.29) is 17.3 Å². The topological polar surface area (TPSA) is 44.8 Å². The molecule has 1 aliphatic rings. The number of rotatable bonds is 12. The Morgan fingerprint density at radius 1 is 0.900 bits per heavy atom. The van der Waals surface area contributed by atoms with Crippen LogP contribution in [-0.2, 0) is 4.79 Å². The third kappa shape index (κ3) is 7.26. The highest BCUT2D eigenvalue weighted by atomic mass is 19.2. The Morgan fingerprint density at radius 3 is 2.27 bits per heavy atom. The summed E-state index contributed by atoms with van der Waals surface area (Å²) in [6, 6.07) is 14.3. The van der Waals surface area contributed by atoms with Gasteiger partial charge in [0.1, 0.15) is 17.3 Å². The molecule has 0 aliphatic heterocycles. The maximum Gasteiger partial charge on any atom is 0.314 e. The maximum absolute atomic E-state index is 14.9. The third-order valence-corrected chi connectivity index (χ3v) is 7.25. The van der Waals surface area contributed by atoms with Crippen LogP contribution in [-0.4, -0.2) is 19.2 Å². The minimum atomic E-state index is -1.21. The molecule has 1 fully saturated rings. The van der Waals surface area contributed by atoms with Crippen molar-refractivity contribution in [2.45, 2.75) is 57.8 Å². The lowest BCUT2D eigenvalue weighted by atomic mass is 9.78. The number of benzene rings is 3. The van der Waals surface area contributed by atoms with Crippen LogP contribution in [0.3, 0.4) is 0 Å². The molecule has 1 saturated carbocycles. The van der Waals surface area contributed by atoms with Crippen molar-refractivity contribution in [2.24, 2.45) is 5.92 Å². The Balaban J connectivity index is 1.34. The van der Waals surface area contributed by atoms with E-state index in [4.69, 9.17) is 14.2 Å². The molecule has 212 valence electrons. The lowest BCUT2D eigenvalue weighted by Gasteiger charge is -2.28. The van der Waals surface area contributed by atoms with Gasteiger partial charge in [-0.05, 0) is 85.9 Å². The lowest BCUT2D eigenvalue weighted by molar-refractivity contribution is -0.140. The molecule has 0 spiro atoms. The average molecular weight is 553 g/mol. The number of unbranched alkanes of at least 4 members (excludes halogenated alkanes) is 1. The van der Waals surface area contributed by atoms with Gasteiger partial charge < -0.3 is 14.2 Å². The molecule has 0 unspecified atom stereocenters. The van der Waals surface area contributed by atoms with Crippen molar-refractivity contribution < 1.29 is 32.2 Å². The van der Waals surface area contributed by atoms with E-state index < -0.39 is 29.3 Å². The quantitative estimate of drug-likeness (QED) is 0.0975. The lowest BCUT2D eigenvalue weighted by Crippen LogP contribution is -2.25. The van der Waals surface area contributed by atoms with Gasteiger partial charge in [0.25, 0.3) is 0 Å². The Kier molecular flexibility index (Phi) is 10.3. The van der Waals surface area contributed by atoms with Crippen LogP contribution in [0.1, 0.15) is 63.4 Å². The van der Waals surface area contributed by atoms with E-state index in [9.17, 15) is 18.0 Å². The molecular formula is C33H35F3O4. The van der Waals surface area contributed by atoms with Crippen LogP contribution in [0.5, 0.6) is 17.2 Å². The molecule has 40 heavy (non-hydrogen) atoms. The number of esters is 1. The minimum Gasteiger partial charge on any atom is -0.494 e. The molecule has 1 aliphatic carbocycles. The molecule has 0 N–H and O–H groups in total. The standard InChI is InChI=1S/C33H35F3O4/c1-3-5-19-38-25-13-11-23(12-14-25)28-17-18-30(32(36)31(28)35)40-33(37)24-9-7-22(8-10-24)27-16-15-26(21-29(27)34)39-20-6-4-2/h4,11-18,21-22,24H,2-3,5-10,19-20H2,1H3. The Morgan fingerprint density at radius 2 is 1.60 bits per heavy atom. The molecule has 4 rings (SSSR count). The summed E-state index contributed by atoms with van der Waals surface area (Å²) in [5.74, 6) is -3.05. The van der Waals surface area contributed by atoms with Gasteiger partial charge in [-0.15, -0.1) is 6.58 Å². The summed E-state index contributed by atoms with van der Waals surface area (Å²) < 4.78 is 61.0. The zero-order valence-electron chi connectivity index (χ0n) is 22.8. The molecule has 0 amide bonds. The third-order valence-electron chi connectivity index (χ3n) is 7.25. The fraction of sp³-hybridized carbons (Fsp3) is 0.364. The fourth-order valence-corrected chi connectivity index (χ4v) is 4.92. The molecule has 4 nitrogen and oxygen atoms in total. The molecule has 3 aromatic rings. The van der Waals surface area contributed by atoms with Gasteiger partial charge in [0.2, 0.25) is 5.82 Å². The van der Waals surface area contributed by atoms with Crippen LogP contribution >= 0.6 is 0 Å². The van der Waals surface area contributed by atoms with Crippen LogP contribution in [0.25, 0.3) is 11.1 Å². The average Bonchev–Trinajstić information content (AvgIpc) is 2.96. The van der Waals surface area contributed by atoms with Crippen molar-refractivity contribution in [1.29, 1.82) is 0 Å². The first-order valence-electron chi connectivity index (χ1n) is 13.9. The van der Waals surface area contributed by atoms with Crippen LogP contribution < -0.4 is 14.2 Å². The van der Waals surface area contributed by atoms with Gasteiger partial charge in [0, 0.05) is 11.6 Å². The van der Waals surface area contributed by atoms with Crippen molar-refractivity contribution in [3.63, 3.8) is 0 Å². The first kappa shape index (κ1) is 29.2.